The molecule has 1 aromatic rings. The topological polar surface area (TPSA) is 68.2 Å². The summed E-state index contributed by atoms with van der Waals surface area (Å²) in [4.78, 5) is 0. The molecule has 0 saturated carbocycles. The van der Waals surface area contributed by atoms with Crippen LogP contribution in [0.5, 0.6) is 17.2 Å². The highest BCUT2D eigenvalue weighted by Crippen LogP contribution is 2.38. The number of benzene rings is 1. The first-order valence-corrected chi connectivity index (χ1v) is 5.89. The predicted octanol–water partition coefficient (Wildman–Crippen LogP) is 1.61. The summed E-state index contributed by atoms with van der Waals surface area (Å²) >= 11 is 0. The van der Waals surface area contributed by atoms with Gasteiger partial charge in [0.1, 0.15) is 5.75 Å². The van der Waals surface area contributed by atoms with Crippen molar-refractivity contribution in [3.63, 3.8) is 0 Å². The molecule has 0 unspecified atom stereocenters. The van der Waals surface area contributed by atoms with Gasteiger partial charge in [-0.25, -0.2) is 0 Å². The van der Waals surface area contributed by atoms with Gasteiger partial charge in [-0.15, -0.1) is 0 Å². The van der Waals surface area contributed by atoms with Crippen LogP contribution in [-0.4, -0.2) is 29.6 Å². The van der Waals surface area contributed by atoms with Crippen LogP contribution >= 0.6 is 0 Å². The van der Waals surface area contributed by atoms with Crippen molar-refractivity contribution in [2.24, 2.45) is 0 Å². The van der Waals surface area contributed by atoms with Gasteiger partial charge in [0.2, 0.25) is 5.75 Å². The number of para-hydroxylation sites is 1. The minimum atomic E-state index is -1.89. The third-order valence-corrected chi connectivity index (χ3v) is 1.89. The molecule has 0 amide bonds. The minimum Gasteiger partial charge on any atom is -0.509 e. The fourth-order valence-corrected chi connectivity index (χ4v) is 1.40. The van der Waals surface area contributed by atoms with Gasteiger partial charge in [0, 0.05) is 0 Å². The van der Waals surface area contributed by atoms with Crippen LogP contribution in [-0.2, 0) is 0 Å². The molecule has 0 saturated heterocycles. The summed E-state index contributed by atoms with van der Waals surface area (Å²) in [6.07, 6.45) is -0.103. The van der Waals surface area contributed by atoms with Crippen LogP contribution in [0.1, 0.15) is 27.7 Å². The molecule has 0 atom stereocenters. The van der Waals surface area contributed by atoms with Crippen LogP contribution in [0.4, 0.5) is 0 Å². The van der Waals surface area contributed by atoms with Crippen LogP contribution < -0.4 is 14.1 Å². The number of hydrogen-bond acceptors (Lipinski definition) is 5. The van der Waals surface area contributed by atoms with Gasteiger partial charge in [0.25, 0.3) is 0 Å². The van der Waals surface area contributed by atoms with Gasteiger partial charge in [-0.2, -0.15) is 0 Å². The molecular formula is C12H19BO5. The second-order valence-corrected chi connectivity index (χ2v) is 4.36. The quantitative estimate of drug-likeness (QED) is 0.755. The first-order chi connectivity index (χ1) is 8.40. The van der Waals surface area contributed by atoms with E-state index in [0.717, 1.165) is 0 Å². The zero-order valence-corrected chi connectivity index (χ0v) is 11.1. The largest absolute Gasteiger partial charge is 0.707 e. The van der Waals surface area contributed by atoms with Crippen molar-refractivity contribution in [2.75, 3.05) is 0 Å². The van der Waals surface area contributed by atoms with E-state index in [1.807, 2.05) is 27.7 Å². The van der Waals surface area contributed by atoms with Crippen LogP contribution in [0.2, 0.25) is 0 Å². The Morgan fingerprint density at radius 1 is 0.944 bits per heavy atom. The molecule has 5 nitrogen and oxygen atoms in total. The monoisotopic (exact) mass is 254 g/mol. The third-order valence-electron chi connectivity index (χ3n) is 1.89. The maximum Gasteiger partial charge on any atom is 0.707 e. The van der Waals surface area contributed by atoms with E-state index < -0.39 is 7.32 Å². The Morgan fingerprint density at radius 2 is 1.50 bits per heavy atom. The zero-order chi connectivity index (χ0) is 13.7. The Labute approximate surface area is 107 Å². The summed E-state index contributed by atoms with van der Waals surface area (Å²) in [6, 6.07) is 5.03. The molecule has 0 aliphatic rings. The fraction of sp³-hybridized carbons (Fsp3) is 0.500. The van der Waals surface area contributed by atoms with Gasteiger partial charge >= 0.3 is 7.32 Å². The van der Waals surface area contributed by atoms with E-state index in [2.05, 4.69) is 0 Å². The van der Waals surface area contributed by atoms with E-state index in [1.165, 1.54) is 0 Å². The number of hydrogen-bond donors (Lipinski definition) is 2. The SMILES string of the molecule is CC(C)Oc1cccc(OB(O)O)c1OC(C)C. The first-order valence-electron chi connectivity index (χ1n) is 5.89. The molecule has 18 heavy (non-hydrogen) atoms. The lowest BCUT2D eigenvalue weighted by atomic mass is 10.2. The van der Waals surface area contributed by atoms with E-state index in [-0.39, 0.29) is 18.0 Å². The molecule has 0 heterocycles. The summed E-state index contributed by atoms with van der Waals surface area (Å²) in [6.45, 7) is 7.53. The van der Waals surface area contributed by atoms with E-state index in [9.17, 15) is 0 Å². The van der Waals surface area contributed by atoms with Crippen molar-refractivity contribution in [1.29, 1.82) is 0 Å². The lowest BCUT2D eigenvalue weighted by molar-refractivity contribution is 0.190. The molecule has 1 rings (SSSR count). The standard InChI is InChI=1S/C12H19BO5/c1-8(2)16-10-6-5-7-11(18-13(14)15)12(10)17-9(3)4/h5-9,14-15H,1-4H3. The van der Waals surface area contributed by atoms with Gasteiger partial charge in [-0.1, -0.05) is 6.07 Å². The van der Waals surface area contributed by atoms with Crippen molar-refractivity contribution in [2.45, 2.75) is 39.9 Å². The van der Waals surface area contributed by atoms with Gasteiger partial charge in [-0.05, 0) is 39.8 Å². The predicted molar refractivity (Wildman–Crippen MR) is 68.8 cm³/mol. The van der Waals surface area contributed by atoms with Crippen LogP contribution in [0, 0.1) is 0 Å². The van der Waals surface area contributed by atoms with E-state index >= 15 is 0 Å². The first kappa shape index (κ1) is 14.7. The van der Waals surface area contributed by atoms with Gasteiger partial charge in [-0.3, -0.25) is 0 Å². The number of ether oxygens (including phenoxy) is 2. The molecule has 0 fully saturated rings. The fourth-order valence-electron chi connectivity index (χ4n) is 1.40. The summed E-state index contributed by atoms with van der Waals surface area (Å²) in [5, 5.41) is 17.7. The molecular weight excluding hydrogens is 235 g/mol. The van der Waals surface area contributed by atoms with E-state index in [0.29, 0.717) is 11.5 Å². The van der Waals surface area contributed by atoms with Crippen molar-refractivity contribution >= 4 is 7.32 Å². The second kappa shape index (κ2) is 6.51. The summed E-state index contributed by atoms with van der Waals surface area (Å²) in [5.41, 5.74) is 0. The lowest BCUT2D eigenvalue weighted by Crippen LogP contribution is -2.21. The third kappa shape index (κ3) is 4.47. The highest BCUT2D eigenvalue weighted by atomic mass is 16.6. The molecule has 0 bridgehead atoms. The van der Waals surface area contributed by atoms with Crippen LogP contribution in [0.3, 0.4) is 0 Å². The smallest absolute Gasteiger partial charge is 0.509 e. The van der Waals surface area contributed by atoms with Crippen molar-refractivity contribution in [3.05, 3.63) is 18.2 Å². The molecule has 0 spiro atoms. The summed E-state index contributed by atoms with van der Waals surface area (Å²) in [7, 11) is -1.89. The van der Waals surface area contributed by atoms with Crippen LogP contribution in [0.25, 0.3) is 0 Å². The van der Waals surface area contributed by atoms with Gasteiger partial charge < -0.3 is 24.2 Å². The molecule has 1 aromatic carbocycles. The Kier molecular flexibility index (Phi) is 5.31. The van der Waals surface area contributed by atoms with Gasteiger partial charge in [0.15, 0.2) is 5.75 Å². The normalized spacial score (nSPS) is 10.7. The summed E-state index contributed by atoms with van der Waals surface area (Å²) in [5.74, 6) is 1.11. The van der Waals surface area contributed by atoms with Crippen molar-refractivity contribution < 1.29 is 24.2 Å². The lowest BCUT2D eigenvalue weighted by Gasteiger charge is -2.19. The zero-order valence-electron chi connectivity index (χ0n) is 11.1. The maximum absolute atomic E-state index is 8.87. The average molecular weight is 254 g/mol. The van der Waals surface area contributed by atoms with E-state index in [1.54, 1.807) is 18.2 Å². The molecule has 2 N–H and O–H groups in total. The second-order valence-electron chi connectivity index (χ2n) is 4.36. The highest BCUT2D eigenvalue weighted by Gasteiger charge is 2.19. The highest BCUT2D eigenvalue weighted by molar-refractivity contribution is 6.33. The Hall–Kier alpha value is -1.40. The summed E-state index contributed by atoms with van der Waals surface area (Å²) < 4.78 is 16.1. The Bertz CT molecular complexity index is 350. The maximum atomic E-state index is 8.87. The molecule has 0 aliphatic carbocycles. The van der Waals surface area contributed by atoms with Crippen molar-refractivity contribution in [1.82, 2.24) is 0 Å². The molecule has 0 aliphatic heterocycles. The molecule has 0 radical (unpaired) electrons. The number of rotatable bonds is 6. The minimum absolute atomic E-state index is 0.0196. The Balaban J connectivity index is 3.08. The van der Waals surface area contributed by atoms with Crippen LogP contribution in [0.15, 0.2) is 18.2 Å². The molecule has 6 heteroatoms. The van der Waals surface area contributed by atoms with Crippen molar-refractivity contribution in [3.8, 4) is 17.2 Å². The molecule has 100 valence electrons. The Morgan fingerprint density at radius 3 is 2.00 bits per heavy atom. The van der Waals surface area contributed by atoms with Gasteiger partial charge in [0.05, 0.1) is 12.2 Å². The molecule has 0 aromatic heterocycles. The van der Waals surface area contributed by atoms with E-state index in [4.69, 9.17) is 24.2 Å². The average Bonchev–Trinajstić information content (AvgIpc) is 2.20.